The van der Waals surface area contributed by atoms with E-state index in [4.69, 9.17) is 11.6 Å². The van der Waals surface area contributed by atoms with Crippen LogP contribution in [0.25, 0.3) is 0 Å². The predicted octanol–water partition coefficient (Wildman–Crippen LogP) is 2.28. The highest BCUT2D eigenvalue weighted by atomic mass is 35.5. The summed E-state index contributed by atoms with van der Waals surface area (Å²) in [6.07, 6.45) is 3.02. The molecule has 14 heavy (non-hydrogen) atoms. The van der Waals surface area contributed by atoms with Gasteiger partial charge in [-0.1, -0.05) is 6.92 Å². The SMILES string of the molecule is Cc1cnc(Cl)nc1N1CCC(C)C1. The summed E-state index contributed by atoms with van der Waals surface area (Å²) in [5.41, 5.74) is 1.10. The van der Waals surface area contributed by atoms with E-state index in [2.05, 4.69) is 21.8 Å². The third kappa shape index (κ3) is 1.82. The second-order valence-corrected chi connectivity index (χ2v) is 4.32. The molecule has 76 valence electrons. The first-order valence-electron chi connectivity index (χ1n) is 4.91. The molecule has 1 aromatic rings. The first-order chi connectivity index (χ1) is 6.66. The third-order valence-corrected chi connectivity index (χ3v) is 2.82. The molecule has 1 saturated heterocycles. The lowest BCUT2D eigenvalue weighted by Crippen LogP contribution is -2.21. The third-order valence-electron chi connectivity index (χ3n) is 2.64. The van der Waals surface area contributed by atoms with E-state index in [0.717, 1.165) is 30.4 Å². The molecule has 0 aromatic carbocycles. The Labute approximate surface area is 89.1 Å². The molecule has 0 radical (unpaired) electrons. The summed E-state index contributed by atoms with van der Waals surface area (Å²) in [6, 6.07) is 0. The van der Waals surface area contributed by atoms with Crippen LogP contribution in [0.4, 0.5) is 5.82 Å². The summed E-state index contributed by atoms with van der Waals surface area (Å²) in [5, 5.41) is 0.338. The zero-order valence-corrected chi connectivity index (χ0v) is 9.25. The Bertz CT molecular complexity index is 340. The first-order valence-corrected chi connectivity index (χ1v) is 5.28. The van der Waals surface area contributed by atoms with Crippen LogP contribution >= 0.6 is 11.6 Å². The minimum absolute atomic E-state index is 0.338. The summed E-state index contributed by atoms with van der Waals surface area (Å²) < 4.78 is 0. The number of halogens is 1. The van der Waals surface area contributed by atoms with E-state index < -0.39 is 0 Å². The Kier molecular flexibility index (Phi) is 2.59. The minimum atomic E-state index is 0.338. The lowest BCUT2D eigenvalue weighted by atomic mass is 10.2. The highest BCUT2D eigenvalue weighted by Gasteiger charge is 2.21. The fraction of sp³-hybridized carbons (Fsp3) is 0.600. The summed E-state index contributed by atoms with van der Waals surface area (Å²) in [7, 11) is 0. The van der Waals surface area contributed by atoms with Crippen molar-refractivity contribution in [1.82, 2.24) is 9.97 Å². The van der Waals surface area contributed by atoms with Gasteiger partial charge in [0.15, 0.2) is 0 Å². The van der Waals surface area contributed by atoms with Crippen molar-refractivity contribution in [1.29, 1.82) is 0 Å². The van der Waals surface area contributed by atoms with E-state index in [0.29, 0.717) is 5.28 Å². The van der Waals surface area contributed by atoms with E-state index in [9.17, 15) is 0 Å². The van der Waals surface area contributed by atoms with Gasteiger partial charge in [0, 0.05) is 24.8 Å². The lowest BCUT2D eigenvalue weighted by molar-refractivity contribution is 0.658. The molecule has 1 aliphatic rings. The van der Waals surface area contributed by atoms with Gasteiger partial charge in [-0.25, -0.2) is 9.97 Å². The van der Waals surface area contributed by atoms with Gasteiger partial charge in [0.1, 0.15) is 5.82 Å². The van der Waals surface area contributed by atoms with Gasteiger partial charge in [0.05, 0.1) is 0 Å². The molecule has 1 fully saturated rings. The van der Waals surface area contributed by atoms with Crippen molar-refractivity contribution < 1.29 is 0 Å². The minimum Gasteiger partial charge on any atom is -0.356 e. The van der Waals surface area contributed by atoms with Crippen molar-refractivity contribution in [3.05, 3.63) is 17.0 Å². The van der Waals surface area contributed by atoms with Crippen LogP contribution < -0.4 is 4.90 Å². The molecule has 1 atom stereocenters. The van der Waals surface area contributed by atoms with E-state index in [1.54, 1.807) is 6.20 Å². The summed E-state index contributed by atoms with van der Waals surface area (Å²) >= 11 is 5.78. The van der Waals surface area contributed by atoms with E-state index in [1.807, 2.05) is 6.92 Å². The Morgan fingerprint density at radius 1 is 1.57 bits per heavy atom. The number of anilines is 1. The number of aromatic nitrogens is 2. The zero-order chi connectivity index (χ0) is 10.1. The van der Waals surface area contributed by atoms with Crippen LogP contribution in [-0.4, -0.2) is 23.1 Å². The molecule has 3 nitrogen and oxygen atoms in total. The molecule has 0 spiro atoms. The Morgan fingerprint density at radius 3 is 3.00 bits per heavy atom. The first kappa shape index (κ1) is 9.71. The quantitative estimate of drug-likeness (QED) is 0.668. The van der Waals surface area contributed by atoms with Crippen LogP contribution in [0.3, 0.4) is 0 Å². The van der Waals surface area contributed by atoms with Crippen LogP contribution in [-0.2, 0) is 0 Å². The van der Waals surface area contributed by atoms with Crippen molar-refractivity contribution in [3.63, 3.8) is 0 Å². The van der Waals surface area contributed by atoms with Crippen molar-refractivity contribution in [2.45, 2.75) is 20.3 Å². The normalized spacial score (nSPS) is 21.6. The lowest BCUT2D eigenvalue weighted by Gasteiger charge is -2.18. The number of hydrogen-bond donors (Lipinski definition) is 0. The smallest absolute Gasteiger partial charge is 0.224 e. The number of hydrogen-bond acceptors (Lipinski definition) is 3. The monoisotopic (exact) mass is 211 g/mol. The molecule has 0 aliphatic carbocycles. The van der Waals surface area contributed by atoms with Crippen molar-refractivity contribution >= 4 is 17.4 Å². The van der Waals surface area contributed by atoms with E-state index in [1.165, 1.54) is 6.42 Å². The van der Waals surface area contributed by atoms with E-state index in [-0.39, 0.29) is 0 Å². The zero-order valence-electron chi connectivity index (χ0n) is 8.50. The average Bonchev–Trinajstić information content (AvgIpc) is 2.56. The van der Waals surface area contributed by atoms with Crippen LogP contribution in [0, 0.1) is 12.8 Å². The van der Waals surface area contributed by atoms with Gasteiger partial charge in [-0.05, 0) is 30.9 Å². The molecular formula is C10H14ClN3. The standard InChI is InChI=1S/C10H14ClN3/c1-7-3-4-14(6-7)9-8(2)5-12-10(11)13-9/h5,7H,3-4,6H2,1-2H3. The number of nitrogens with zero attached hydrogens (tertiary/aromatic N) is 3. The van der Waals surface area contributed by atoms with Crippen molar-refractivity contribution in [2.24, 2.45) is 5.92 Å². The maximum Gasteiger partial charge on any atom is 0.224 e. The van der Waals surface area contributed by atoms with Crippen molar-refractivity contribution in [3.8, 4) is 0 Å². The van der Waals surface area contributed by atoms with Gasteiger partial charge < -0.3 is 4.90 Å². The average molecular weight is 212 g/mol. The number of aryl methyl sites for hydroxylation is 1. The Balaban J connectivity index is 2.27. The largest absolute Gasteiger partial charge is 0.356 e. The van der Waals surface area contributed by atoms with Crippen molar-refractivity contribution in [2.75, 3.05) is 18.0 Å². The molecule has 0 bridgehead atoms. The molecule has 1 unspecified atom stereocenters. The fourth-order valence-corrected chi connectivity index (χ4v) is 1.99. The molecule has 0 amide bonds. The second kappa shape index (κ2) is 3.73. The van der Waals surface area contributed by atoms with Crippen LogP contribution in [0.1, 0.15) is 18.9 Å². The van der Waals surface area contributed by atoms with Gasteiger partial charge in [-0.3, -0.25) is 0 Å². The fourth-order valence-electron chi connectivity index (χ4n) is 1.86. The van der Waals surface area contributed by atoms with Crippen LogP contribution in [0.2, 0.25) is 5.28 Å². The van der Waals surface area contributed by atoms with Crippen LogP contribution in [0.15, 0.2) is 6.20 Å². The molecule has 1 aliphatic heterocycles. The molecule has 1 aromatic heterocycles. The van der Waals surface area contributed by atoms with E-state index >= 15 is 0 Å². The molecule has 0 saturated carbocycles. The maximum atomic E-state index is 5.78. The topological polar surface area (TPSA) is 29.0 Å². The van der Waals surface area contributed by atoms with Gasteiger partial charge in [-0.2, -0.15) is 0 Å². The molecule has 2 heterocycles. The molecule has 2 rings (SSSR count). The van der Waals surface area contributed by atoms with Gasteiger partial charge in [0.2, 0.25) is 5.28 Å². The Morgan fingerprint density at radius 2 is 2.36 bits per heavy atom. The van der Waals surface area contributed by atoms with Gasteiger partial charge >= 0.3 is 0 Å². The Hall–Kier alpha value is -0.830. The summed E-state index contributed by atoms with van der Waals surface area (Å²) in [5.74, 6) is 1.75. The van der Waals surface area contributed by atoms with Crippen LogP contribution in [0.5, 0.6) is 0 Å². The maximum absolute atomic E-state index is 5.78. The molecule has 0 N–H and O–H groups in total. The highest BCUT2D eigenvalue weighted by molar-refractivity contribution is 6.28. The number of rotatable bonds is 1. The predicted molar refractivity (Wildman–Crippen MR) is 57.8 cm³/mol. The van der Waals surface area contributed by atoms with Gasteiger partial charge in [-0.15, -0.1) is 0 Å². The highest BCUT2D eigenvalue weighted by Crippen LogP contribution is 2.24. The van der Waals surface area contributed by atoms with Gasteiger partial charge in [0.25, 0.3) is 0 Å². The second-order valence-electron chi connectivity index (χ2n) is 3.99. The molecule has 4 heteroatoms. The summed E-state index contributed by atoms with van der Waals surface area (Å²) in [4.78, 5) is 10.5. The molecular weight excluding hydrogens is 198 g/mol. The summed E-state index contributed by atoms with van der Waals surface area (Å²) in [6.45, 7) is 6.44.